The molecule has 164 valence electrons. The summed E-state index contributed by atoms with van der Waals surface area (Å²) in [6.07, 6.45) is 3.06. The lowest BCUT2D eigenvalue weighted by Crippen LogP contribution is -2.54. The normalized spacial score (nSPS) is 17.6. The van der Waals surface area contributed by atoms with E-state index in [0.29, 0.717) is 18.2 Å². The average Bonchev–Trinajstić information content (AvgIpc) is 3.55. The fourth-order valence-corrected chi connectivity index (χ4v) is 3.59. The minimum atomic E-state index is 0.0179. The quantitative estimate of drug-likeness (QED) is 0.499. The third-order valence-electron chi connectivity index (χ3n) is 5.47. The molecule has 8 nitrogen and oxygen atoms in total. The number of hydrogen-bond acceptors (Lipinski definition) is 4. The van der Waals surface area contributed by atoms with Crippen LogP contribution in [-0.4, -0.2) is 98.9 Å². The van der Waals surface area contributed by atoms with Gasteiger partial charge in [-0.3, -0.25) is 19.5 Å². The summed E-state index contributed by atoms with van der Waals surface area (Å²) < 4.78 is 0. The third-order valence-corrected chi connectivity index (χ3v) is 5.47. The Kier molecular flexibility index (Phi) is 7.68. The largest absolute Gasteiger partial charge is 0.356 e. The first-order valence-electron chi connectivity index (χ1n) is 10.7. The molecule has 2 aliphatic rings. The van der Waals surface area contributed by atoms with Crippen molar-refractivity contribution in [3.8, 4) is 0 Å². The number of guanidine groups is 1. The van der Waals surface area contributed by atoms with Gasteiger partial charge in [0.05, 0.1) is 6.54 Å². The molecule has 0 aromatic heterocycles. The number of nitrogens with zero attached hydrogens (tertiary/aromatic N) is 4. The van der Waals surface area contributed by atoms with Gasteiger partial charge in [-0.05, 0) is 37.0 Å². The summed E-state index contributed by atoms with van der Waals surface area (Å²) in [7, 11) is 5.33. The molecule has 2 amide bonds. The van der Waals surface area contributed by atoms with E-state index in [1.807, 2.05) is 24.3 Å². The molecule has 2 fully saturated rings. The molecule has 2 N–H and O–H groups in total. The molecule has 0 spiro atoms. The van der Waals surface area contributed by atoms with Crippen LogP contribution in [0.3, 0.4) is 0 Å². The molecule has 1 aromatic rings. The van der Waals surface area contributed by atoms with Crippen LogP contribution in [0.4, 0.5) is 0 Å². The van der Waals surface area contributed by atoms with Crippen LogP contribution in [0.1, 0.15) is 28.8 Å². The highest BCUT2D eigenvalue weighted by atomic mass is 16.2. The molecule has 1 aliphatic heterocycles. The van der Waals surface area contributed by atoms with E-state index in [1.54, 1.807) is 26.0 Å². The highest BCUT2D eigenvalue weighted by Gasteiger charge is 2.25. The van der Waals surface area contributed by atoms with Crippen LogP contribution in [0.2, 0.25) is 0 Å². The van der Waals surface area contributed by atoms with Crippen molar-refractivity contribution < 1.29 is 9.59 Å². The van der Waals surface area contributed by atoms with E-state index in [4.69, 9.17) is 0 Å². The van der Waals surface area contributed by atoms with E-state index < -0.39 is 0 Å². The maximum atomic E-state index is 12.1. The van der Waals surface area contributed by atoms with E-state index in [1.165, 1.54) is 0 Å². The third kappa shape index (κ3) is 6.45. The van der Waals surface area contributed by atoms with Crippen molar-refractivity contribution in [2.75, 3.05) is 60.4 Å². The smallest absolute Gasteiger partial charge is 0.253 e. The van der Waals surface area contributed by atoms with Gasteiger partial charge in [0.15, 0.2) is 5.96 Å². The Morgan fingerprint density at radius 2 is 1.90 bits per heavy atom. The first-order valence-corrected chi connectivity index (χ1v) is 10.7. The fraction of sp³-hybridized carbons (Fsp3) is 0.591. The van der Waals surface area contributed by atoms with Gasteiger partial charge in [0.1, 0.15) is 0 Å². The average molecular weight is 415 g/mol. The lowest BCUT2D eigenvalue weighted by atomic mass is 10.1. The molecule has 1 saturated carbocycles. The number of amides is 2. The molecule has 1 heterocycles. The molecule has 1 aromatic carbocycles. The molecule has 8 heteroatoms. The number of hydrogen-bond donors (Lipinski definition) is 2. The first kappa shape index (κ1) is 22.1. The van der Waals surface area contributed by atoms with Gasteiger partial charge in [-0.2, -0.15) is 0 Å². The predicted octanol–water partition coefficient (Wildman–Crippen LogP) is 0.403. The fourth-order valence-electron chi connectivity index (χ4n) is 3.59. The molecule has 30 heavy (non-hydrogen) atoms. The number of benzene rings is 1. The van der Waals surface area contributed by atoms with Crippen LogP contribution < -0.4 is 10.6 Å². The van der Waals surface area contributed by atoms with E-state index in [2.05, 4.69) is 25.4 Å². The summed E-state index contributed by atoms with van der Waals surface area (Å²) in [6.45, 7) is 4.64. The van der Waals surface area contributed by atoms with Gasteiger partial charge in [0.25, 0.3) is 5.91 Å². The summed E-state index contributed by atoms with van der Waals surface area (Å²) in [5, 5.41) is 6.48. The Morgan fingerprint density at radius 3 is 2.53 bits per heavy atom. The van der Waals surface area contributed by atoms with Gasteiger partial charge in [0.2, 0.25) is 5.91 Å². The van der Waals surface area contributed by atoms with Crippen molar-refractivity contribution in [2.45, 2.75) is 25.3 Å². The van der Waals surface area contributed by atoms with Crippen LogP contribution in [0.25, 0.3) is 0 Å². The molecular formula is C22H34N6O2. The molecule has 1 aliphatic carbocycles. The van der Waals surface area contributed by atoms with E-state index in [-0.39, 0.29) is 11.8 Å². The molecule has 0 unspecified atom stereocenters. The van der Waals surface area contributed by atoms with Crippen molar-refractivity contribution in [3.63, 3.8) is 0 Å². The monoisotopic (exact) mass is 414 g/mol. The van der Waals surface area contributed by atoms with E-state index >= 15 is 0 Å². The minimum Gasteiger partial charge on any atom is -0.356 e. The summed E-state index contributed by atoms with van der Waals surface area (Å²) in [6, 6.07) is 8.20. The molecule has 1 saturated heterocycles. The lowest BCUT2D eigenvalue weighted by Gasteiger charge is -2.36. The zero-order valence-corrected chi connectivity index (χ0v) is 18.4. The SMILES string of the molecule is CN=C(NCCc1cccc(C(=O)N(C)C)c1)N1CCN(CC(=O)NC2CC2)CC1. The Balaban J connectivity index is 1.41. The van der Waals surface area contributed by atoms with Crippen molar-refractivity contribution in [1.29, 1.82) is 0 Å². The van der Waals surface area contributed by atoms with Crippen molar-refractivity contribution in [3.05, 3.63) is 35.4 Å². The molecule has 3 rings (SSSR count). The van der Waals surface area contributed by atoms with Crippen LogP contribution in [0.15, 0.2) is 29.3 Å². The van der Waals surface area contributed by atoms with Gasteiger partial charge < -0.3 is 20.4 Å². The maximum Gasteiger partial charge on any atom is 0.253 e. The van der Waals surface area contributed by atoms with E-state index in [9.17, 15) is 9.59 Å². The number of carbonyl (C=O) groups excluding carboxylic acids is 2. The molecule has 0 bridgehead atoms. The first-order chi connectivity index (χ1) is 14.5. The van der Waals surface area contributed by atoms with Crippen LogP contribution in [-0.2, 0) is 11.2 Å². The number of carbonyl (C=O) groups is 2. The van der Waals surface area contributed by atoms with Gasteiger partial charge in [-0.25, -0.2) is 0 Å². The van der Waals surface area contributed by atoms with Crippen LogP contribution >= 0.6 is 0 Å². The highest BCUT2D eigenvalue weighted by Crippen LogP contribution is 2.18. The Bertz CT molecular complexity index is 767. The number of aliphatic imine (C=N–C) groups is 1. The molecule has 0 radical (unpaired) electrons. The minimum absolute atomic E-state index is 0.0179. The van der Waals surface area contributed by atoms with E-state index in [0.717, 1.165) is 63.5 Å². The molecule has 0 atom stereocenters. The summed E-state index contributed by atoms with van der Waals surface area (Å²) in [4.78, 5) is 34.6. The standard InChI is InChI=1S/C22H34N6O2/c1-23-22(24-10-9-17-5-4-6-18(15-17)21(30)26(2)3)28-13-11-27(12-14-28)16-20(29)25-19-7-8-19/h4-6,15,19H,7-14,16H2,1-3H3,(H,23,24)(H,25,29). The second-order valence-electron chi connectivity index (χ2n) is 8.23. The summed E-state index contributed by atoms with van der Waals surface area (Å²) in [5.74, 6) is 1.05. The zero-order valence-electron chi connectivity index (χ0n) is 18.4. The highest BCUT2D eigenvalue weighted by molar-refractivity contribution is 5.94. The predicted molar refractivity (Wildman–Crippen MR) is 119 cm³/mol. The topological polar surface area (TPSA) is 80.3 Å². The lowest BCUT2D eigenvalue weighted by molar-refractivity contribution is -0.122. The van der Waals surface area contributed by atoms with Crippen LogP contribution in [0, 0.1) is 0 Å². The van der Waals surface area contributed by atoms with Crippen molar-refractivity contribution in [1.82, 2.24) is 25.3 Å². The number of piperazine rings is 1. The second-order valence-corrected chi connectivity index (χ2v) is 8.23. The zero-order chi connectivity index (χ0) is 21.5. The Morgan fingerprint density at radius 1 is 1.17 bits per heavy atom. The van der Waals surface area contributed by atoms with Gasteiger partial charge in [-0.15, -0.1) is 0 Å². The van der Waals surface area contributed by atoms with Gasteiger partial charge >= 0.3 is 0 Å². The summed E-state index contributed by atoms with van der Waals surface area (Å²) >= 11 is 0. The maximum absolute atomic E-state index is 12.1. The van der Waals surface area contributed by atoms with Crippen molar-refractivity contribution in [2.24, 2.45) is 4.99 Å². The van der Waals surface area contributed by atoms with Crippen molar-refractivity contribution >= 4 is 17.8 Å². The second kappa shape index (κ2) is 10.4. The Labute approximate surface area is 179 Å². The number of nitrogens with one attached hydrogen (secondary N) is 2. The van der Waals surface area contributed by atoms with Gasteiger partial charge in [0, 0.05) is 65.5 Å². The van der Waals surface area contributed by atoms with Gasteiger partial charge in [-0.1, -0.05) is 12.1 Å². The Hall–Kier alpha value is -2.61. The van der Waals surface area contributed by atoms with Crippen LogP contribution in [0.5, 0.6) is 0 Å². The molecular weight excluding hydrogens is 380 g/mol. The number of rotatable bonds is 7. The summed E-state index contributed by atoms with van der Waals surface area (Å²) in [5.41, 5.74) is 1.83.